The normalized spacial score (nSPS) is 10.4. The summed E-state index contributed by atoms with van der Waals surface area (Å²) in [4.78, 5) is 14.7. The molecule has 0 unspecified atom stereocenters. The van der Waals surface area contributed by atoms with Crippen molar-refractivity contribution in [3.8, 4) is 0 Å². The van der Waals surface area contributed by atoms with E-state index in [1.807, 2.05) is 13.0 Å². The average molecular weight is 298 g/mol. The van der Waals surface area contributed by atoms with Gasteiger partial charge in [0.1, 0.15) is 9.34 Å². The molecule has 0 aliphatic heterocycles. The number of nitro benzene ring substituents is 1. The number of nitro groups is 1. The van der Waals surface area contributed by atoms with Crippen LogP contribution in [0.1, 0.15) is 17.5 Å². The smallest absolute Gasteiger partial charge is 0.274 e. The van der Waals surface area contributed by atoms with Crippen molar-refractivity contribution >= 4 is 34.3 Å². The molecule has 2 aromatic rings. The lowest BCUT2D eigenvalue weighted by molar-refractivity contribution is -0.385. The van der Waals surface area contributed by atoms with Crippen LogP contribution in [-0.2, 0) is 13.0 Å². The molecule has 7 heteroatoms. The van der Waals surface area contributed by atoms with Gasteiger partial charge in [0.25, 0.3) is 5.69 Å². The lowest BCUT2D eigenvalue weighted by atomic mass is 10.1. The van der Waals surface area contributed by atoms with Crippen molar-refractivity contribution in [2.24, 2.45) is 0 Å². The minimum absolute atomic E-state index is 0.143. The van der Waals surface area contributed by atoms with E-state index in [1.54, 1.807) is 18.3 Å². The van der Waals surface area contributed by atoms with Crippen LogP contribution in [0, 0.1) is 10.1 Å². The number of hydrogen-bond donors (Lipinski definition) is 1. The molecule has 0 aliphatic carbocycles. The van der Waals surface area contributed by atoms with Gasteiger partial charge in [-0.2, -0.15) is 0 Å². The SMILES string of the molecule is CCc1ccc(NCc2ncc(Cl)s2)cc1[N+](=O)[O-]. The van der Waals surface area contributed by atoms with Crippen LogP contribution in [0.25, 0.3) is 0 Å². The van der Waals surface area contributed by atoms with Crippen LogP contribution in [-0.4, -0.2) is 9.91 Å². The van der Waals surface area contributed by atoms with Crippen molar-refractivity contribution < 1.29 is 4.92 Å². The number of nitrogens with one attached hydrogen (secondary N) is 1. The van der Waals surface area contributed by atoms with Crippen molar-refractivity contribution in [2.45, 2.75) is 19.9 Å². The second kappa shape index (κ2) is 5.99. The zero-order chi connectivity index (χ0) is 13.8. The summed E-state index contributed by atoms with van der Waals surface area (Å²) in [5.41, 5.74) is 1.58. The number of hydrogen-bond acceptors (Lipinski definition) is 5. The highest BCUT2D eigenvalue weighted by Gasteiger charge is 2.13. The predicted octanol–water partition coefficient (Wildman–Crippen LogP) is 3.88. The van der Waals surface area contributed by atoms with Gasteiger partial charge in [0, 0.05) is 17.3 Å². The first-order valence-electron chi connectivity index (χ1n) is 5.71. The predicted molar refractivity (Wildman–Crippen MR) is 76.9 cm³/mol. The van der Waals surface area contributed by atoms with Gasteiger partial charge in [0.2, 0.25) is 0 Å². The molecule has 0 atom stereocenters. The molecule has 1 aromatic heterocycles. The Morgan fingerprint density at radius 3 is 2.89 bits per heavy atom. The van der Waals surface area contributed by atoms with Gasteiger partial charge in [-0.05, 0) is 12.5 Å². The second-order valence-electron chi connectivity index (χ2n) is 3.87. The molecule has 0 amide bonds. The molecule has 19 heavy (non-hydrogen) atoms. The summed E-state index contributed by atoms with van der Waals surface area (Å²) in [6.07, 6.45) is 2.23. The highest BCUT2D eigenvalue weighted by atomic mass is 35.5. The lowest BCUT2D eigenvalue weighted by Gasteiger charge is -2.06. The number of nitrogens with zero attached hydrogens (tertiary/aromatic N) is 2. The van der Waals surface area contributed by atoms with E-state index in [-0.39, 0.29) is 10.6 Å². The monoisotopic (exact) mass is 297 g/mol. The molecular weight excluding hydrogens is 286 g/mol. The highest BCUT2D eigenvalue weighted by Crippen LogP contribution is 2.25. The van der Waals surface area contributed by atoms with E-state index >= 15 is 0 Å². The maximum Gasteiger partial charge on any atom is 0.274 e. The maximum absolute atomic E-state index is 11.0. The number of thiazole rings is 1. The molecule has 0 aliphatic rings. The molecule has 0 saturated heterocycles. The lowest BCUT2D eigenvalue weighted by Crippen LogP contribution is -2.01. The molecule has 0 spiro atoms. The van der Waals surface area contributed by atoms with Gasteiger partial charge in [-0.15, -0.1) is 11.3 Å². The van der Waals surface area contributed by atoms with E-state index in [2.05, 4.69) is 10.3 Å². The summed E-state index contributed by atoms with van der Waals surface area (Å²) in [5.74, 6) is 0. The summed E-state index contributed by atoms with van der Waals surface area (Å²) in [7, 11) is 0. The molecule has 2 rings (SSSR count). The van der Waals surface area contributed by atoms with E-state index in [0.717, 1.165) is 10.6 Å². The van der Waals surface area contributed by atoms with Crippen LogP contribution in [0.2, 0.25) is 4.34 Å². The van der Waals surface area contributed by atoms with E-state index < -0.39 is 0 Å². The quantitative estimate of drug-likeness (QED) is 0.672. The van der Waals surface area contributed by atoms with E-state index in [0.29, 0.717) is 23.0 Å². The van der Waals surface area contributed by atoms with Crippen LogP contribution >= 0.6 is 22.9 Å². The standard InChI is InChI=1S/C12H12ClN3O2S/c1-2-8-3-4-9(5-10(8)16(17)18)14-7-12-15-6-11(13)19-12/h3-6,14H,2,7H2,1H3. The molecule has 5 nitrogen and oxygen atoms in total. The summed E-state index contributed by atoms with van der Waals surface area (Å²) in [6.45, 7) is 2.40. The first-order chi connectivity index (χ1) is 9.10. The largest absolute Gasteiger partial charge is 0.378 e. The fraction of sp³-hybridized carbons (Fsp3) is 0.250. The van der Waals surface area contributed by atoms with Crippen molar-refractivity contribution in [2.75, 3.05) is 5.32 Å². The summed E-state index contributed by atoms with van der Waals surface area (Å²) >= 11 is 7.17. The molecule has 0 radical (unpaired) electrons. The molecule has 0 bridgehead atoms. The van der Waals surface area contributed by atoms with Crippen molar-refractivity contribution in [1.29, 1.82) is 0 Å². The molecule has 0 fully saturated rings. The first-order valence-corrected chi connectivity index (χ1v) is 6.91. The Morgan fingerprint density at radius 2 is 2.32 bits per heavy atom. The number of halogens is 1. The van der Waals surface area contributed by atoms with Gasteiger partial charge in [-0.3, -0.25) is 10.1 Å². The zero-order valence-electron chi connectivity index (χ0n) is 10.2. The Hall–Kier alpha value is -1.66. The van der Waals surface area contributed by atoms with Gasteiger partial charge in [0.05, 0.1) is 17.7 Å². The van der Waals surface area contributed by atoms with E-state index in [1.165, 1.54) is 11.3 Å². The molecule has 0 saturated carbocycles. The Kier molecular flexibility index (Phi) is 4.34. The zero-order valence-corrected chi connectivity index (χ0v) is 11.8. The van der Waals surface area contributed by atoms with Crippen LogP contribution in [0.5, 0.6) is 0 Å². The van der Waals surface area contributed by atoms with Gasteiger partial charge >= 0.3 is 0 Å². The Balaban J connectivity index is 2.12. The molecular formula is C12H12ClN3O2S. The fourth-order valence-corrected chi connectivity index (χ4v) is 2.59. The van der Waals surface area contributed by atoms with Crippen molar-refractivity contribution in [1.82, 2.24) is 4.98 Å². The second-order valence-corrected chi connectivity index (χ2v) is 5.61. The number of aryl methyl sites for hydroxylation is 1. The van der Waals surface area contributed by atoms with Crippen LogP contribution < -0.4 is 5.32 Å². The number of rotatable bonds is 5. The third-order valence-electron chi connectivity index (χ3n) is 2.63. The van der Waals surface area contributed by atoms with Gasteiger partial charge < -0.3 is 5.32 Å². The van der Waals surface area contributed by atoms with Crippen molar-refractivity contribution in [3.05, 3.63) is 49.4 Å². The van der Waals surface area contributed by atoms with Gasteiger partial charge in [0.15, 0.2) is 0 Å². The summed E-state index contributed by atoms with van der Waals surface area (Å²) in [5, 5.41) is 14.9. The third-order valence-corrected chi connectivity index (χ3v) is 3.75. The minimum atomic E-state index is -0.357. The summed E-state index contributed by atoms with van der Waals surface area (Å²) in [6, 6.07) is 5.16. The molecule has 1 heterocycles. The van der Waals surface area contributed by atoms with E-state index in [9.17, 15) is 10.1 Å². The van der Waals surface area contributed by atoms with E-state index in [4.69, 9.17) is 11.6 Å². The maximum atomic E-state index is 11.0. The fourth-order valence-electron chi connectivity index (χ4n) is 1.69. The summed E-state index contributed by atoms with van der Waals surface area (Å²) < 4.78 is 0.629. The van der Waals surface area contributed by atoms with Gasteiger partial charge in [-0.1, -0.05) is 24.6 Å². The number of aromatic nitrogens is 1. The van der Waals surface area contributed by atoms with Gasteiger partial charge in [-0.25, -0.2) is 4.98 Å². The molecule has 100 valence electrons. The molecule has 1 aromatic carbocycles. The minimum Gasteiger partial charge on any atom is -0.378 e. The first kappa shape index (κ1) is 13.8. The third kappa shape index (κ3) is 3.42. The Labute approximate surface area is 119 Å². The topological polar surface area (TPSA) is 68.1 Å². The number of benzene rings is 1. The van der Waals surface area contributed by atoms with Crippen molar-refractivity contribution in [3.63, 3.8) is 0 Å². The highest BCUT2D eigenvalue weighted by molar-refractivity contribution is 7.15. The molecule has 1 N–H and O–H groups in total. The Morgan fingerprint density at radius 1 is 1.53 bits per heavy atom. The Bertz CT molecular complexity index is 600. The number of anilines is 1. The average Bonchev–Trinajstić information content (AvgIpc) is 2.81. The van der Waals surface area contributed by atoms with Crippen LogP contribution in [0.3, 0.4) is 0 Å². The van der Waals surface area contributed by atoms with Crippen LogP contribution in [0.4, 0.5) is 11.4 Å². The van der Waals surface area contributed by atoms with Crippen LogP contribution in [0.15, 0.2) is 24.4 Å².